The largest absolute Gasteiger partial charge is 0.487 e. The zero-order valence-electron chi connectivity index (χ0n) is 28.5. The Balaban J connectivity index is 1.88. The average molecular weight is 588 g/mol. The number of hydrogen-bond acceptors (Lipinski definition) is 5. The van der Waals surface area contributed by atoms with E-state index in [1.54, 1.807) is 20.8 Å². The number of esters is 1. The molecule has 4 atom stereocenters. The molecular formula is C36H61NO5. The SMILES string of the molecule is COC(=O)[C@H](Cc1cc(C)c2c(c1)CC[C@@](C)(CCC[C@H](C)CCC[C@H](C)CCCC(C)C)O2)NC(=O)OC(C)(C)C. The van der Waals surface area contributed by atoms with Crippen molar-refractivity contribution in [3.05, 3.63) is 28.8 Å². The van der Waals surface area contributed by atoms with Gasteiger partial charge in [0.15, 0.2) is 0 Å². The quantitative estimate of drug-likeness (QED) is 0.195. The van der Waals surface area contributed by atoms with Gasteiger partial charge in [0.25, 0.3) is 0 Å². The predicted octanol–water partition coefficient (Wildman–Crippen LogP) is 9.13. The minimum atomic E-state index is -0.827. The number of amides is 1. The van der Waals surface area contributed by atoms with Crippen LogP contribution < -0.4 is 10.1 Å². The average Bonchev–Trinajstić information content (AvgIpc) is 2.87. The maximum Gasteiger partial charge on any atom is 0.408 e. The van der Waals surface area contributed by atoms with E-state index in [9.17, 15) is 9.59 Å². The van der Waals surface area contributed by atoms with Crippen molar-refractivity contribution in [2.75, 3.05) is 7.11 Å². The van der Waals surface area contributed by atoms with Crippen molar-refractivity contribution >= 4 is 12.1 Å². The number of rotatable bonds is 16. The zero-order valence-corrected chi connectivity index (χ0v) is 28.5. The van der Waals surface area contributed by atoms with Gasteiger partial charge < -0.3 is 19.5 Å². The third-order valence-electron chi connectivity index (χ3n) is 8.57. The number of nitrogens with one attached hydrogen (secondary N) is 1. The van der Waals surface area contributed by atoms with Gasteiger partial charge in [-0.2, -0.15) is 0 Å². The molecule has 0 aliphatic carbocycles. The number of aryl methyl sites for hydroxylation is 2. The monoisotopic (exact) mass is 587 g/mol. The molecular weight excluding hydrogens is 526 g/mol. The van der Waals surface area contributed by atoms with Crippen LogP contribution in [-0.2, 0) is 27.1 Å². The second-order valence-corrected chi connectivity index (χ2v) is 14.7. The van der Waals surface area contributed by atoms with E-state index in [0.717, 1.165) is 53.9 Å². The summed E-state index contributed by atoms with van der Waals surface area (Å²) < 4.78 is 17.0. The molecule has 1 aromatic rings. The van der Waals surface area contributed by atoms with Crippen LogP contribution in [-0.4, -0.2) is 36.4 Å². The van der Waals surface area contributed by atoms with Gasteiger partial charge >= 0.3 is 12.1 Å². The number of methoxy groups -OCH3 is 1. The zero-order chi connectivity index (χ0) is 31.5. The van der Waals surface area contributed by atoms with Gasteiger partial charge in [-0.15, -0.1) is 0 Å². The standard InChI is InChI=1S/C36H61NO5/c1-25(2)14-11-15-26(3)16-12-17-27(4)18-13-20-36(9)21-19-30-23-29(22-28(5)32(30)41-36)24-31(33(38)40-10)37-34(39)42-35(6,7)8/h22-23,25-27,31H,11-21,24H2,1-10H3,(H,37,39)/t26-,27-,31+,36-/m1/s1. The molecule has 0 unspecified atom stereocenters. The Hall–Kier alpha value is -2.24. The van der Waals surface area contributed by atoms with Gasteiger partial charge in [0.2, 0.25) is 0 Å². The first-order valence-corrected chi connectivity index (χ1v) is 16.5. The molecule has 0 aromatic heterocycles. The molecule has 0 saturated carbocycles. The molecule has 240 valence electrons. The van der Waals surface area contributed by atoms with Gasteiger partial charge in [0, 0.05) is 6.42 Å². The molecule has 1 N–H and O–H groups in total. The van der Waals surface area contributed by atoms with Crippen molar-refractivity contribution in [2.24, 2.45) is 17.8 Å². The summed E-state index contributed by atoms with van der Waals surface area (Å²) in [6.07, 6.45) is 13.2. The molecule has 1 heterocycles. The summed E-state index contributed by atoms with van der Waals surface area (Å²) in [4.78, 5) is 24.8. The Labute approximate surface area is 257 Å². The normalized spacial score (nSPS) is 18.9. The fourth-order valence-electron chi connectivity index (χ4n) is 6.07. The first-order chi connectivity index (χ1) is 19.6. The van der Waals surface area contributed by atoms with E-state index in [1.165, 1.54) is 64.0 Å². The number of carbonyl (C=O) groups is 2. The van der Waals surface area contributed by atoms with Gasteiger partial charge in [0.1, 0.15) is 23.0 Å². The highest BCUT2D eigenvalue weighted by Gasteiger charge is 2.33. The number of hydrogen-bond donors (Lipinski definition) is 1. The second-order valence-electron chi connectivity index (χ2n) is 14.7. The molecule has 1 aromatic carbocycles. The number of alkyl carbamates (subject to hydrolysis) is 1. The smallest absolute Gasteiger partial charge is 0.408 e. The molecule has 0 saturated heterocycles. The lowest BCUT2D eigenvalue weighted by Gasteiger charge is -2.37. The van der Waals surface area contributed by atoms with Crippen molar-refractivity contribution in [1.82, 2.24) is 5.32 Å². The van der Waals surface area contributed by atoms with Crippen molar-refractivity contribution in [1.29, 1.82) is 0 Å². The third kappa shape index (κ3) is 13.0. The van der Waals surface area contributed by atoms with E-state index in [4.69, 9.17) is 14.2 Å². The summed E-state index contributed by atoms with van der Waals surface area (Å²) in [5, 5.41) is 2.68. The Kier molecular flexibility index (Phi) is 14.2. The van der Waals surface area contributed by atoms with Crippen LogP contribution in [0.4, 0.5) is 4.79 Å². The maximum atomic E-state index is 12.5. The summed E-state index contributed by atoms with van der Waals surface area (Å²) in [5.41, 5.74) is 2.38. The van der Waals surface area contributed by atoms with E-state index in [0.29, 0.717) is 6.42 Å². The number of benzene rings is 1. The first-order valence-electron chi connectivity index (χ1n) is 16.5. The van der Waals surface area contributed by atoms with Gasteiger partial charge in [-0.1, -0.05) is 84.8 Å². The highest BCUT2D eigenvalue weighted by molar-refractivity contribution is 5.81. The number of carbonyl (C=O) groups excluding carboxylic acids is 2. The van der Waals surface area contributed by atoms with E-state index in [2.05, 4.69) is 59.0 Å². The number of fused-ring (bicyclic) bond motifs is 1. The minimum Gasteiger partial charge on any atom is -0.487 e. The van der Waals surface area contributed by atoms with Crippen LogP contribution in [0.25, 0.3) is 0 Å². The fraction of sp³-hybridized carbons (Fsp3) is 0.778. The Bertz CT molecular complexity index is 997. The summed E-state index contributed by atoms with van der Waals surface area (Å²) in [5.74, 6) is 2.91. The Morgan fingerprint density at radius 3 is 2.14 bits per heavy atom. The molecule has 1 aliphatic rings. The van der Waals surface area contributed by atoms with Crippen molar-refractivity contribution in [3.63, 3.8) is 0 Å². The van der Waals surface area contributed by atoms with E-state index in [1.807, 2.05) is 0 Å². The van der Waals surface area contributed by atoms with Crippen molar-refractivity contribution in [2.45, 2.75) is 157 Å². The van der Waals surface area contributed by atoms with Crippen LogP contribution in [0.2, 0.25) is 0 Å². The lowest BCUT2D eigenvalue weighted by Crippen LogP contribution is -2.45. The summed E-state index contributed by atoms with van der Waals surface area (Å²) >= 11 is 0. The van der Waals surface area contributed by atoms with Crippen LogP contribution in [0.3, 0.4) is 0 Å². The van der Waals surface area contributed by atoms with E-state index >= 15 is 0 Å². The highest BCUT2D eigenvalue weighted by atomic mass is 16.6. The molecule has 42 heavy (non-hydrogen) atoms. The lowest BCUT2D eigenvalue weighted by atomic mass is 9.85. The molecule has 0 radical (unpaired) electrons. The first kappa shape index (κ1) is 36.0. The topological polar surface area (TPSA) is 73.9 Å². The molecule has 6 heteroatoms. The summed E-state index contributed by atoms with van der Waals surface area (Å²) in [6.45, 7) is 19.2. The fourth-order valence-corrected chi connectivity index (χ4v) is 6.07. The Morgan fingerprint density at radius 1 is 0.976 bits per heavy atom. The van der Waals surface area contributed by atoms with E-state index in [-0.39, 0.29) is 5.60 Å². The molecule has 0 bridgehead atoms. The predicted molar refractivity (Wildman–Crippen MR) is 172 cm³/mol. The maximum absolute atomic E-state index is 12.5. The summed E-state index contributed by atoms with van der Waals surface area (Å²) in [6, 6.07) is 3.34. The van der Waals surface area contributed by atoms with Crippen molar-refractivity contribution in [3.8, 4) is 5.75 Å². The van der Waals surface area contributed by atoms with E-state index < -0.39 is 23.7 Å². The van der Waals surface area contributed by atoms with Gasteiger partial charge in [-0.25, -0.2) is 9.59 Å². The Morgan fingerprint density at radius 2 is 1.57 bits per heavy atom. The molecule has 0 fully saturated rings. The highest BCUT2D eigenvalue weighted by Crippen LogP contribution is 2.39. The second kappa shape index (κ2) is 16.6. The number of ether oxygens (including phenoxy) is 3. The van der Waals surface area contributed by atoms with Crippen LogP contribution >= 0.6 is 0 Å². The van der Waals surface area contributed by atoms with Crippen molar-refractivity contribution < 1.29 is 23.8 Å². The van der Waals surface area contributed by atoms with Crippen LogP contribution in [0.5, 0.6) is 5.75 Å². The third-order valence-corrected chi connectivity index (χ3v) is 8.57. The summed E-state index contributed by atoms with van der Waals surface area (Å²) in [7, 11) is 1.33. The molecule has 6 nitrogen and oxygen atoms in total. The lowest BCUT2D eigenvalue weighted by molar-refractivity contribution is -0.143. The van der Waals surface area contributed by atoms with Crippen LogP contribution in [0.1, 0.15) is 136 Å². The van der Waals surface area contributed by atoms with Gasteiger partial charge in [-0.3, -0.25) is 0 Å². The molecule has 0 spiro atoms. The minimum absolute atomic E-state index is 0.156. The van der Waals surface area contributed by atoms with Gasteiger partial charge in [0.05, 0.1) is 7.11 Å². The van der Waals surface area contributed by atoms with Gasteiger partial charge in [-0.05, 0) is 94.7 Å². The molecule has 1 aliphatic heterocycles. The molecule has 2 rings (SSSR count). The molecule has 1 amide bonds. The van der Waals surface area contributed by atoms with Crippen LogP contribution in [0, 0.1) is 24.7 Å². The van der Waals surface area contributed by atoms with Crippen LogP contribution in [0.15, 0.2) is 12.1 Å².